The maximum Gasteiger partial charge on any atom is 0.211 e. The fourth-order valence-electron chi connectivity index (χ4n) is 3.22. The van der Waals surface area contributed by atoms with Crippen molar-refractivity contribution in [1.29, 1.82) is 0 Å². The van der Waals surface area contributed by atoms with Crippen LogP contribution in [0.1, 0.15) is 10.4 Å². The molecule has 0 bridgehead atoms. The third-order valence-electron chi connectivity index (χ3n) is 4.96. The molecule has 0 atom stereocenters. The fourth-order valence-corrected chi connectivity index (χ4v) is 4.85. The van der Waals surface area contributed by atoms with Crippen LogP contribution in [0.4, 0.5) is 14.5 Å². The lowest BCUT2D eigenvalue weighted by Gasteiger charge is -2.14. The van der Waals surface area contributed by atoms with E-state index in [-0.39, 0.29) is 5.69 Å². The molecule has 4 aromatic rings. The standard InChI is InChI=1S/C24H21F2N3O3S2/c1-14-7-8-33-22(14)12-27-29-19(15-9-20(30-2)23(32-4)21(10-15)31-3)13-34-24(29)28-18-6-5-16(25)11-17(18)26/h5-13H,1-4H3. The van der Waals surface area contributed by atoms with Gasteiger partial charge in [0.1, 0.15) is 11.5 Å². The minimum atomic E-state index is -0.757. The van der Waals surface area contributed by atoms with Crippen LogP contribution in [-0.4, -0.2) is 32.2 Å². The molecular formula is C24H21F2N3O3S2. The highest BCUT2D eigenvalue weighted by Crippen LogP contribution is 2.41. The van der Waals surface area contributed by atoms with Crippen molar-refractivity contribution in [3.05, 3.63) is 74.0 Å². The molecule has 4 rings (SSSR count). The van der Waals surface area contributed by atoms with Crippen LogP contribution in [0.2, 0.25) is 0 Å². The van der Waals surface area contributed by atoms with Gasteiger partial charge in [0.05, 0.1) is 38.1 Å². The molecule has 0 aliphatic carbocycles. The zero-order valence-electron chi connectivity index (χ0n) is 18.8. The largest absolute Gasteiger partial charge is 0.493 e. The van der Waals surface area contributed by atoms with E-state index < -0.39 is 11.6 Å². The first-order valence-corrected chi connectivity index (χ1v) is 11.8. The van der Waals surface area contributed by atoms with Gasteiger partial charge in [0.15, 0.2) is 17.3 Å². The summed E-state index contributed by atoms with van der Waals surface area (Å²) in [5.74, 6) is 0.00482. The first-order chi connectivity index (χ1) is 16.4. The second-order valence-electron chi connectivity index (χ2n) is 7.05. The highest BCUT2D eigenvalue weighted by atomic mass is 32.1. The molecule has 2 aromatic heterocycles. The molecule has 0 saturated heterocycles. The van der Waals surface area contributed by atoms with Crippen molar-refractivity contribution < 1.29 is 23.0 Å². The number of rotatable bonds is 7. The molecular weight excluding hydrogens is 480 g/mol. The van der Waals surface area contributed by atoms with Crippen LogP contribution in [0.15, 0.2) is 57.3 Å². The lowest BCUT2D eigenvalue weighted by atomic mass is 10.1. The highest BCUT2D eigenvalue weighted by molar-refractivity contribution is 7.11. The number of benzene rings is 2. The summed E-state index contributed by atoms with van der Waals surface area (Å²) in [5.41, 5.74) is 2.50. The van der Waals surface area contributed by atoms with E-state index in [4.69, 9.17) is 14.2 Å². The van der Waals surface area contributed by atoms with Gasteiger partial charge in [-0.25, -0.2) is 18.4 Å². The number of thiazole rings is 1. The third-order valence-corrected chi connectivity index (χ3v) is 6.73. The molecule has 0 amide bonds. The minimum Gasteiger partial charge on any atom is -0.493 e. The van der Waals surface area contributed by atoms with Crippen LogP contribution in [0.5, 0.6) is 17.2 Å². The molecule has 34 heavy (non-hydrogen) atoms. The lowest BCUT2D eigenvalue weighted by molar-refractivity contribution is 0.324. The molecule has 0 unspecified atom stereocenters. The average molecular weight is 502 g/mol. The molecule has 0 aliphatic rings. The van der Waals surface area contributed by atoms with Gasteiger partial charge in [0, 0.05) is 17.0 Å². The van der Waals surface area contributed by atoms with Crippen LogP contribution in [0.25, 0.3) is 11.3 Å². The molecule has 176 valence electrons. The maximum atomic E-state index is 14.3. The van der Waals surface area contributed by atoms with Gasteiger partial charge >= 0.3 is 0 Å². The van der Waals surface area contributed by atoms with Crippen molar-refractivity contribution in [2.75, 3.05) is 21.3 Å². The molecule has 0 saturated carbocycles. The Bertz CT molecular complexity index is 1400. The average Bonchev–Trinajstić information content (AvgIpc) is 3.43. The summed E-state index contributed by atoms with van der Waals surface area (Å²) in [7, 11) is 4.61. The number of aromatic nitrogens is 1. The third kappa shape index (κ3) is 4.73. The first kappa shape index (κ1) is 23.7. The van der Waals surface area contributed by atoms with E-state index in [0.717, 1.165) is 28.1 Å². The Balaban J connectivity index is 1.93. The molecule has 0 N–H and O–H groups in total. The van der Waals surface area contributed by atoms with Crippen LogP contribution >= 0.6 is 22.7 Å². The Labute approximate surface area is 203 Å². The van der Waals surface area contributed by atoms with Crippen molar-refractivity contribution in [3.63, 3.8) is 0 Å². The summed E-state index contributed by atoms with van der Waals surface area (Å²) in [5, 5.41) is 8.48. The van der Waals surface area contributed by atoms with E-state index >= 15 is 0 Å². The highest BCUT2D eigenvalue weighted by Gasteiger charge is 2.17. The number of thiophene rings is 1. The number of ether oxygens (including phenoxy) is 3. The van der Waals surface area contributed by atoms with Crippen molar-refractivity contribution in [3.8, 4) is 28.5 Å². The van der Waals surface area contributed by atoms with Crippen molar-refractivity contribution in [1.82, 2.24) is 4.68 Å². The van der Waals surface area contributed by atoms with Crippen LogP contribution in [0.3, 0.4) is 0 Å². The van der Waals surface area contributed by atoms with Gasteiger partial charge in [-0.3, -0.25) is 0 Å². The van der Waals surface area contributed by atoms with Crippen molar-refractivity contribution >= 4 is 34.6 Å². The summed E-state index contributed by atoms with van der Waals surface area (Å²) < 4.78 is 45.7. The summed E-state index contributed by atoms with van der Waals surface area (Å²) >= 11 is 2.83. The van der Waals surface area contributed by atoms with Gasteiger partial charge in [-0.05, 0) is 48.2 Å². The van der Waals surface area contributed by atoms with E-state index in [1.54, 1.807) is 48.6 Å². The predicted octanol–water partition coefficient (Wildman–Crippen LogP) is 6.01. The Morgan fingerprint density at radius 2 is 1.68 bits per heavy atom. The number of methoxy groups -OCH3 is 3. The summed E-state index contributed by atoms with van der Waals surface area (Å²) in [6, 6.07) is 8.86. The summed E-state index contributed by atoms with van der Waals surface area (Å²) in [4.78, 5) is 5.79. The van der Waals surface area contributed by atoms with E-state index in [1.807, 2.05) is 23.8 Å². The van der Waals surface area contributed by atoms with Gasteiger partial charge in [-0.15, -0.1) is 22.7 Å². The molecule has 2 aromatic carbocycles. The van der Waals surface area contributed by atoms with Gasteiger partial charge in [-0.1, -0.05) is 0 Å². The monoisotopic (exact) mass is 501 g/mol. The second kappa shape index (κ2) is 10.2. The van der Waals surface area contributed by atoms with Crippen molar-refractivity contribution in [2.45, 2.75) is 6.92 Å². The number of hydrogen-bond donors (Lipinski definition) is 0. The molecule has 0 aliphatic heterocycles. The topological polar surface area (TPSA) is 57.3 Å². The van der Waals surface area contributed by atoms with Gasteiger partial charge in [0.25, 0.3) is 0 Å². The second-order valence-corrected chi connectivity index (χ2v) is 8.83. The SMILES string of the molecule is COc1cc(-c2csc(=Nc3ccc(F)cc3F)n2N=Cc2sccc2C)cc(OC)c1OC. The maximum absolute atomic E-state index is 14.3. The van der Waals surface area contributed by atoms with E-state index in [1.165, 1.54) is 24.5 Å². The normalized spacial score (nSPS) is 11.9. The van der Waals surface area contributed by atoms with Gasteiger partial charge in [-0.2, -0.15) is 5.10 Å². The Kier molecular flexibility index (Phi) is 7.09. The van der Waals surface area contributed by atoms with Gasteiger partial charge < -0.3 is 14.2 Å². The van der Waals surface area contributed by atoms with E-state index in [0.29, 0.717) is 27.7 Å². The molecule has 0 fully saturated rings. The van der Waals surface area contributed by atoms with Crippen LogP contribution in [0, 0.1) is 18.6 Å². The molecule has 0 radical (unpaired) electrons. The Morgan fingerprint density at radius 1 is 0.941 bits per heavy atom. The Morgan fingerprint density at radius 3 is 2.26 bits per heavy atom. The summed E-state index contributed by atoms with van der Waals surface area (Å²) in [6.07, 6.45) is 1.73. The number of hydrogen-bond acceptors (Lipinski definition) is 7. The number of aryl methyl sites for hydroxylation is 1. The van der Waals surface area contributed by atoms with E-state index in [2.05, 4.69) is 10.1 Å². The quantitative estimate of drug-likeness (QED) is 0.292. The molecule has 2 heterocycles. The molecule has 10 heteroatoms. The minimum absolute atomic E-state index is 0.0101. The lowest BCUT2D eigenvalue weighted by Crippen LogP contribution is -2.12. The smallest absolute Gasteiger partial charge is 0.211 e. The van der Waals surface area contributed by atoms with Crippen molar-refractivity contribution in [2.24, 2.45) is 10.1 Å². The number of halogens is 2. The summed E-state index contributed by atoms with van der Waals surface area (Å²) in [6.45, 7) is 2.00. The van der Waals surface area contributed by atoms with Crippen LogP contribution < -0.4 is 19.0 Å². The van der Waals surface area contributed by atoms with Gasteiger partial charge in [0.2, 0.25) is 10.6 Å². The zero-order chi connectivity index (χ0) is 24.2. The van der Waals surface area contributed by atoms with E-state index in [9.17, 15) is 8.78 Å². The first-order valence-electron chi connectivity index (χ1n) is 10.0. The molecule has 0 spiro atoms. The fraction of sp³-hybridized carbons (Fsp3) is 0.167. The zero-order valence-corrected chi connectivity index (χ0v) is 20.5. The molecule has 6 nitrogen and oxygen atoms in total. The Hall–Kier alpha value is -3.50. The number of nitrogens with zero attached hydrogens (tertiary/aromatic N) is 3. The van der Waals surface area contributed by atoms with Crippen LogP contribution in [-0.2, 0) is 0 Å². The predicted molar refractivity (Wildman–Crippen MR) is 131 cm³/mol.